The molecule has 3 aromatic carbocycles. The second kappa shape index (κ2) is 15.5. The fraction of sp³-hybridized carbons (Fsp3) is 0.472. The number of amides is 2. The van der Waals surface area contributed by atoms with E-state index in [9.17, 15) is 9.90 Å². The number of rotatable bonds is 9. The Labute approximate surface area is 256 Å². The summed E-state index contributed by atoms with van der Waals surface area (Å²) in [5.74, 6) is 0.172. The third-order valence-electron chi connectivity index (χ3n) is 8.80. The lowest BCUT2D eigenvalue weighted by atomic mass is 9.89. The molecule has 0 aromatic heterocycles. The number of hydrogen-bond acceptors (Lipinski definition) is 5. The SMILES string of the molecule is CCNC(=O)NCc1ccccc1-c1ccc([C@H]2O[C@@H](CN3CCCCCCC3)[C@@H](C)[C@@H](c3ccc(CO)cc3)O2)cc1. The fourth-order valence-electron chi connectivity index (χ4n) is 6.25. The molecule has 2 heterocycles. The largest absolute Gasteiger partial charge is 0.392 e. The average molecular weight is 586 g/mol. The molecule has 3 aromatic rings. The lowest BCUT2D eigenvalue weighted by molar-refractivity contribution is -0.276. The van der Waals surface area contributed by atoms with E-state index >= 15 is 0 Å². The van der Waals surface area contributed by atoms with Crippen LogP contribution in [-0.2, 0) is 22.6 Å². The number of urea groups is 1. The van der Waals surface area contributed by atoms with E-state index in [0.29, 0.717) is 13.1 Å². The van der Waals surface area contributed by atoms with Gasteiger partial charge in [-0.1, -0.05) is 99.0 Å². The van der Waals surface area contributed by atoms with E-state index in [1.807, 2.05) is 37.3 Å². The summed E-state index contributed by atoms with van der Waals surface area (Å²) in [6.45, 7) is 8.36. The van der Waals surface area contributed by atoms with Crippen molar-refractivity contribution >= 4 is 6.03 Å². The third kappa shape index (κ3) is 8.24. The molecule has 7 nitrogen and oxygen atoms in total. The maximum atomic E-state index is 12.0. The van der Waals surface area contributed by atoms with Crippen LogP contribution in [0.25, 0.3) is 11.1 Å². The molecule has 2 saturated heterocycles. The Hall–Kier alpha value is -3.23. The number of benzene rings is 3. The summed E-state index contributed by atoms with van der Waals surface area (Å²) in [5.41, 5.74) is 6.22. The molecule has 0 spiro atoms. The predicted molar refractivity (Wildman–Crippen MR) is 170 cm³/mol. The summed E-state index contributed by atoms with van der Waals surface area (Å²) >= 11 is 0. The molecule has 0 saturated carbocycles. The summed E-state index contributed by atoms with van der Waals surface area (Å²) in [6.07, 6.45) is 5.87. The van der Waals surface area contributed by atoms with Crippen LogP contribution in [0.4, 0.5) is 4.79 Å². The molecule has 2 aliphatic heterocycles. The van der Waals surface area contributed by atoms with E-state index in [0.717, 1.165) is 53.0 Å². The Balaban J connectivity index is 1.36. The summed E-state index contributed by atoms with van der Waals surface area (Å²) in [6, 6.07) is 24.5. The molecule has 4 atom stereocenters. The highest BCUT2D eigenvalue weighted by atomic mass is 16.7. The van der Waals surface area contributed by atoms with Crippen molar-refractivity contribution in [1.82, 2.24) is 15.5 Å². The van der Waals surface area contributed by atoms with Crippen molar-refractivity contribution in [3.63, 3.8) is 0 Å². The standard InChI is InChI=1S/C36H47N3O4/c1-3-37-36(41)38-23-31-11-7-8-12-32(31)28-17-19-30(20-18-28)35-42-33(24-39-21-9-5-4-6-10-22-39)26(2)34(43-35)29-15-13-27(25-40)14-16-29/h7-8,11-20,26,33-35,40H,3-6,9-10,21-25H2,1-2H3,(H2,37,38,41)/t26-,33+,34+,35+/m1/s1. The molecule has 2 aliphatic rings. The van der Waals surface area contributed by atoms with Gasteiger partial charge >= 0.3 is 6.03 Å². The van der Waals surface area contributed by atoms with Gasteiger partial charge in [-0.2, -0.15) is 0 Å². The minimum atomic E-state index is -0.484. The Morgan fingerprint density at radius 2 is 1.53 bits per heavy atom. The van der Waals surface area contributed by atoms with Gasteiger partial charge in [-0.05, 0) is 60.7 Å². The van der Waals surface area contributed by atoms with E-state index in [1.165, 1.54) is 32.1 Å². The highest BCUT2D eigenvalue weighted by Crippen LogP contribution is 2.42. The van der Waals surface area contributed by atoms with E-state index in [1.54, 1.807) is 0 Å². The molecule has 230 valence electrons. The van der Waals surface area contributed by atoms with E-state index < -0.39 is 6.29 Å². The Morgan fingerprint density at radius 1 is 0.860 bits per heavy atom. The minimum absolute atomic E-state index is 0.0291. The number of ether oxygens (including phenoxy) is 2. The van der Waals surface area contributed by atoms with Gasteiger partial charge in [-0.3, -0.25) is 0 Å². The lowest BCUT2D eigenvalue weighted by Gasteiger charge is -2.43. The number of nitrogens with zero attached hydrogens (tertiary/aromatic N) is 1. The van der Waals surface area contributed by atoms with Crippen LogP contribution in [0.5, 0.6) is 0 Å². The normalized spacial score (nSPS) is 23.2. The van der Waals surface area contributed by atoms with Gasteiger partial charge in [0, 0.05) is 31.1 Å². The summed E-state index contributed by atoms with van der Waals surface area (Å²) in [5, 5.41) is 15.3. The number of carbonyl (C=O) groups excluding carboxylic acids is 1. The summed E-state index contributed by atoms with van der Waals surface area (Å²) < 4.78 is 13.5. The van der Waals surface area contributed by atoms with E-state index in [-0.39, 0.29) is 30.8 Å². The molecule has 7 heteroatoms. The van der Waals surface area contributed by atoms with Gasteiger partial charge in [-0.15, -0.1) is 0 Å². The van der Waals surface area contributed by atoms with Crippen LogP contribution < -0.4 is 10.6 Å². The van der Waals surface area contributed by atoms with E-state index in [4.69, 9.17) is 9.47 Å². The van der Waals surface area contributed by atoms with Crippen molar-refractivity contribution in [2.75, 3.05) is 26.2 Å². The first kappa shape index (κ1) is 31.2. The quantitative estimate of drug-likeness (QED) is 0.260. The number of likely N-dealkylation sites (tertiary alicyclic amines) is 1. The first-order valence-corrected chi connectivity index (χ1v) is 16.0. The van der Waals surface area contributed by atoms with E-state index in [2.05, 4.69) is 64.9 Å². The maximum absolute atomic E-state index is 12.0. The first-order chi connectivity index (χ1) is 21.1. The topological polar surface area (TPSA) is 83.1 Å². The highest BCUT2D eigenvalue weighted by molar-refractivity contribution is 5.74. The number of nitrogens with one attached hydrogen (secondary N) is 2. The molecule has 3 N–H and O–H groups in total. The zero-order valence-corrected chi connectivity index (χ0v) is 25.6. The maximum Gasteiger partial charge on any atom is 0.315 e. The van der Waals surface area contributed by atoms with Gasteiger partial charge in [0.1, 0.15) is 0 Å². The molecule has 0 unspecified atom stereocenters. The smallest absolute Gasteiger partial charge is 0.315 e. The van der Waals surface area contributed by atoms with Crippen molar-refractivity contribution < 1.29 is 19.4 Å². The average Bonchev–Trinajstić information content (AvgIpc) is 3.02. The molecule has 0 bridgehead atoms. The molecule has 5 rings (SSSR count). The molecule has 43 heavy (non-hydrogen) atoms. The fourth-order valence-corrected chi connectivity index (χ4v) is 6.25. The van der Waals surface area contributed by atoms with Crippen molar-refractivity contribution in [1.29, 1.82) is 0 Å². The second-order valence-electron chi connectivity index (χ2n) is 11.9. The van der Waals surface area contributed by atoms with Crippen LogP contribution in [0, 0.1) is 5.92 Å². The zero-order valence-electron chi connectivity index (χ0n) is 25.6. The van der Waals surface area contributed by atoms with Gasteiger partial charge in [-0.25, -0.2) is 4.79 Å². The summed E-state index contributed by atoms with van der Waals surface area (Å²) in [4.78, 5) is 14.6. The number of carbonyl (C=O) groups is 1. The van der Waals surface area contributed by atoms with Gasteiger partial charge in [0.05, 0.1) is 18.8 Å². The Bertz CT molecular complexity index is 1290. The van der Waals surface area contributed by atoms with Crippen molar-refractivity contribution in [3.05, 3.63) is 95.1 Å². The van der Waals surface area contributed by atoms with Crippen molar-refractivity contribution in [2.45, 2.75) is 77.6 Å². The first-order valence-electron chi connectivity index (χ1n) is 16.0. The highest BCUT2D eigenvalue weighted by Gasteiger charge is 2.39. The zero-order chi connectivity index (χ0) is 30.0. The molecular weight excluding hydrogens is 538 g/mol. The Morgan fingerprint density at radius 3 is 2.23 bits per heavy atom. The third-order valence-corrected chi connectivity index (χ3v) is 8.80. The van der Waals surface area contributed by atoms with Gasteiger partial charge < -0.3 is 30.1 Å². The summed E-state index contributed by atoms with van der Waals surface area (Å²) in [7, 11) is 0. The second-order valence-corrected chi connectivity index (χ2v) is 11.9. The van der Waals surface area contributed by atoms with Crippen LogP contribution in [0.3, 0.4) is 0 Å². The van der Waals surface area contributed by atoms with Crippen LogP contribution in [0.15, 0.2) is 72.8 Å². The molecule has 2 amide bonds. The molecule has 0 radical (unpaired) electrons. The van der Waals surface area contributed by atoms with Crippen molar-refractivity contribution in [3.8, 4) is 11.1 Å². The number of hydrogen-bond donors (Lipinski definition) is 3. The molecular formula is C36H47N3O4. The number of aliphatic hydroxyl groups is 1. The number of aliphatic hydroxyl groups excluding tert-OH is 1. The minimum Gasteiger partial charge on any atom is -0.392 e. The monoisotopic (exact) mass is 585 g/mol. The van der Waals surface area contributed by atoms with Gasteiger partial charge in [0.15, 0.2) is 6.29 Å². The molecule has 2 fully saturated rings. The van der Waals surface area contributed by atoms with Crippen LogP contribution >= 0.6 is 0 Å². The van der Waals surface area contributed by atoms with Crippen molar-refractivity contribution in [2.24, 2.45) is 5.92 Å². The van der Waals surface area contributed by atoms with Gasteiger partial charge in [0.25, 0.3) is 0 Å². The van der Waals surface area contributed by atoms with Crippen LogP contribution in [-0.4, -0.2) is 48.3 Å². The van der Waals surface area contributed by atoms with Crippen LogP contribution in [0.1, 0.15) is 80.6 Å². The Kier molecular flexibility index (Phi) is 11.2. The predicted octanol–water partition coefficient (Wildman–Crippen LogP) is 6.72. The van der Waals surface area contributed by atoms with Crippen LogP contribution in [0.2, 0.25) is 0 Å². The molecule has 0 aliphatic carbocycles. The lowest BCUT2D eigenvalue weighted by Crippen LogP contribution is -2.45. The van der Waals surface area contributed by atoms with Gasteiger partial charge in [0.2, 0.25) is 0 Å².